The first-order valence-corrected chi connectivity index (χ1v) is 8.76. The second kappa shape index (κ2) is 7.88. The Hall–Kier alpha value is -2.47. The summed E-state index contributed by atoms with van der Waals surface area (Å²) in [5.41, 5.74) is 2.75. The van der Waals surface area contributed by atoms with Gasteiger partial charge in [-0.05, 0) is 42.8 Å². The first-order chi connectivity index (χ1) is 11.8. The lowest BCUT2D eigenvalue weighted by atomic mass is 10.2. The number of hydrogen-bond donors (Lipinski definition) is 1. The van der Waals surface area contributed by atoms with Gasteiger partial charge in [0.05, 0.1) is 24.0 Å². The fraction of sp³-hybridized carbons (Fsp3) is 0.278. The number of anilines is 1. The van der Waals surface area contributed by atoms with Crippen LogP contribution in [0.1, 0.15) is 36.5 Å². The van der Waals surface area contributed by atoms with Gasteiger partial charge < -0.3 is 10.1 Å². The maximum atomic E-state index is 12.4. The highest BCUT2D eigenvalue weighted by Crippen LogP contribution is 2.22. The van der Waals surface area contributed by atoms with Crippen LogP contribution in [-0.4, -0.2) is 21.3 Å². The van der Waals surface area contributed by atoms with Crippen molar-refractivity contribution in [3.63, 3.8) is 0 Å². The van der Waals surface area contributed by atoms with Crippen LogP contribution >= 0.6 is 11.7 Å². The summed E-state index contributed by atoms with van der Waals surface area (Å²) in [6.45, 7) is 2.87. The Morgan fingerprint density at radius 2 is 1.96 bits per heavy atom. The summed E-state index contributed by atoms with van der Waals surface area (Å²) in [6.07, 6.45) is 3.38. The second-order valence-electron chi connectivity index (χ2n) is 5.47. The molecule has 2 aromatic carbocycles. The number of amides is 1. The molecule has 1 heterocycles. The molecule has 0 radical (unpaired) electrons. The minimum Gasteiger partial charge on any atom is -0.494 e. The largest absolute Gasteiger partial charge is 0.494 e. The van der Waals surface area contributed by atoms with E-state index in [0.29, 0.717) is 23.4 Å². The van der Waals surface area contributed by atoms with Crippen LogP contribution in [0.3, 0.4) is 0 Å². The summed E-state index contributed by atoms with van der Waals surface area (Å²) < 4.78 is 14.1. The number of benzene rings is 2. The molecule has 0 aliphatic carbocycles. The maximum absolute atomic E-state index is 12.4. The quantitative estimate of drug-likeness (QED) is 0.642. The highest BCUT2D eigenvalue weighted by Gasteiger charge is 2.10. The molecule has 6 heteroatoms. The fourth-order valence-corrected chi connectivity index (χ4v) is 2.90. The molecule has 3 aromatic rings. The van der Waals surface area contributed by atoms with E-state index in [-0.39, 0.29) is 5.91 Å². The zero-order valence-corrected chi connectivity index (χ0v) is 14.3. The summed E-state index contributed by atoms with van der Waals surface area (Å²) in [7, 11) is 0. The molecule has 1 amide bonds. The Labute approximate surface area is 145 Å². The predicted molar refractivity (Wildman–Crippen MR) is 96.8 cm³/mol. The number of carbonyl (C=O) groups is 1. The zero-order chi connectivity index (χ0) is 16.8. The second-order valence-corrected chi connectivity index (χ2v) is 6.00. The van der Waals surface area contributed by atoms with E-state index in [0.717, 1.165) is 35.8 Å². The number of nitrogens with one attached hydrogen (secondary N) is 1. The van der Waals surface area contributed by atoms with E-state index in [4.69, 9.17) is 4.74 Å². The number of nitrogens with zero attached hydrogens (tertiary/aromatic N) is 2. The summed E-state index contributed by atoms with van der Waals surface area (Å²) >= 11 is 1.14. The SMILES string of the molecule is CCCCCOc1ccc(C(=O)Nc2cccc3nsnc23)cc1. The van der Waals surface area contributed by atoms with Crippen molar-refractivity contribution in [3.05, 3.63) is 48.0 Å². The summed E-state index contributed by atoms with van der Waals surface area (Å²) in [4.78, 5) is 12.4. The highest BCUT2D eigenvalue weighted by molar-refractivity contribution is 7.00. The highest BCUT2D eigenvalue weighted by atomic mass is 32.1. The average molecular weight is 341 g/mol. The van der Waals surface area contributed by atoms with E-state index in [1.54, 1.807) is 12.1 Å². The molecule has 0 fully saturated rings. The number of hydrogen-bond acceptors (Lipinski definition) is 5. The first-order valence-electron chi connectivity index (χ1n) is 8.03. The van der Waals surface area contributed by atoms with Gasteiger partial charge in [-0.3, -0.25) is 4.79 Å². The van der Waals surface area contributed by atoms with Crippen molar-refractivity contribution in [1.29, 1.82) is 0 Å². The molecule has 0 aliphatic heterocycles. The van der Waals surface area contributed by atoms with E-state index in [1.165, 1.54) is 6.42 Å². The van der Waals surface area contributed by atoms with E-state index < -0.39 is 0 Å². The minimum absolute atomic E-state index is 0.173. The van der Waals surface area contributed by atoms with Crippen molar-refractivity contribution in [2.45, 2.75) is 26.2 Å². The molecule has 0 spiro atoms. The van der Waals surface area contributed by atoms with Gasteiger partial charge in [0.25, 0.3) is 5.91 Å². The molecule has 0 bridgehead atoms. The van der Waals surface area contributed by atoms with Crippen molar-refractivity contribution < 1.29 is 9.53 Å². The van der Waals surface area contributed by atoms with Crippen LogP contribution in [0.2, 0.25) is 0 Å². The van der Waals surface area contributed by atoms with Crippen LogP contribution in [0.5, 0.6) is 5.75 Å². The first kappa shape index (κ1) is 16.4. The van der Waals surface area contributed by atoms with Gasteiger partial charge in [-0.2, -0.15) is 8.75 Å². The lowest BCUT2D eigenvalue weighted by Crippen LogP contribution is -2.12. The Kier molecular flexibility index (Phi) is 5.38. The van der Waals surface area contributed by atoms with Gasteiger partial charge >= 0.3 is 0 Å². The van der Waals surface area contributed by atoms with E-state index in [1.807, 2.05) is 30.3 Å². The molecule has 3 rings (SSSR count). The number of fused-ring (bicyclic) bond motifs is 1. The summed E-state index contributed by atoms with van der Waals surface area (Å²) in [6, 6.07) is 12.7. The van der Waals surface area contributed by atoms with Gasteiger partial charge in [0.2, 0.25) is 0 Å². The average Bonchev–Trinajstić information content (AvgIpc) is 3.09. The van der Waals surface area contributed by atoms with Crippen molar-refractivity contribution >= 4 is 34.4 Å². The van der Waals surface area contributed by atoms with Gasteiger partial charge in [-0.25, -0.2) is 0 Å². The maximum Gasteiger partial charge on any atom is 0.255 e. The normalized spacial score (nSPS) is 10.7. The molecule has 24 heavy (non-hydrogen) atoms. The zero-order valence-electron chi connectivity index (χ0n) is 13.5. The molecular formula is C18H19N3O2S. The molecular weight excluding hydrogens is 322 g/mol. The Morgan fingerprint density at radius 3 is 2.75 bits per heavy atom. The van der Waals surface area contributed by atoms with Crippen LogP contribution < -0.4 is 10.1 Å². The number of rotatable bonds is 7. The van der Waals surface area contributed by atoms with Gasteiger partial charge in [0.15, 0.2) is 0 Å². The van der Waals surface area contributed by atoms with Gasteiger partial charge in [-0.15, -0.1) is 0 Å². The third kappa shape index (κ3) is 3.89. The lowest BCUT2D eigenvalue weighted by Gasteiger charge is -2.08. The minimum atomic E-state index is -0.173. The van der Waals surface area contributed by atoms with E-state index in [9.17, 15) is 4.79 Å². The Balaban J connectivity index is 1.64. The van der Waals surface area contributed by atoms with Crippen LogP contribution in [0, 0.1) is 0 Å². The lowest BCUT2D eigenvalue weighted by molar-refractivity contribution is 0.102. The molecule has 0 saturated carbocycles. The van der Waals surface area contributed by atoms with Gasteiger partial charge in [-0.1, -0.05) is 25.8 Å². The number of carbonyl (C=O) groups excluding carboxylic acids is 1. The summed E-state index contributed by atoms with van der Waals surface area (Å²) in [5.74, 6) is 0.612. The molecule has 0 atom stereocenters. The van der Waals surface area contributed by atoms with Crippen molar-refractivity contribution in [3.8, 4) is 5.75 Å². The Bertz CT molecular complexity index is 815. The monoisotopic (exact) mass is 341 g/mol. The summed E-state index contributed by atoms with van der Waals surface area (Å²) in [5, 5.41) is 2.89. The van der Waals surface area contributed by atoms with Crippen molar-refractivity contribution in [2.24, 2.45) is 0 Å². The standard InChI is InChI=1S/C18H19N3O2S/c1-2-3-4-12-23-14-10-8-13(9-11-14)18(22)19-15-6-5-7-16-17(15)21-24-20-16/h5-11H,2-4,12H2,1H3,(H,19,22). The van der Waals surface area contributed by atoms with Crippen LogP contribution in [0.4, 0.5) is 5.69 Å². The molecule has 124 valence electrons. The molecule has 1 N–H and O–H groups in total. The fourth-order valence-electron chi connectivity index (χ4n) is 2.35. The number of aromatic nitrogens is 2. The van der Waals surface area contributed by atoms with Crippen LogP contribution in [0.25, 0.3) is 11.0 Å². The molecule has 0 aliphatic rings. The third-order valence-corrected chi connectivity index (χ3v) is 4.21. The van der Waals surface area contributed by atoms with E-state index in [2.05, 4.69) is 21.0 Å². The van der Waals surface area contributed by atoms with Crippen molar-refractivity contribution in [2.75, 3.05) is 11.9 Å². The van der Waals surface area contributed by atoms with Crippen molar-refractivity contribution in [1.82, 2.24) is 8.75 Å². The smallest absolute Gasteiger partial charge is 0.255 e. The molecule has 5 nitrogen and oxygen atoms in total. The number of ether oxygens (including phenoxy) is 1. The van der Waals surface area contributed by atoms with Crippen LogP contribution in [-0.2, 0) is 0 Å². The third-order valence-electron chi connectivity index (χ3n) is 3.67. The van der Waals surface area contributed by atoms with Crippen LogP contribution in [0.15, 0.2) is 42.5 Å². The molecule has 1 aromatic heterocycles. The number of unbranched alkanes of at least 4 members (excludes halogenated alkanes) is 2. The molecule has 0 unspecified atom stereocenters. The molecule has 0 saturated heterocycles. The topological polar surface area (TPSA) is 64.1 Å². The Morgan fingerprint density at radius 1 is 1.12 bits per heavy atom. The predicted octanol–water partition coefficient (Wildman–Crippen LogP) is 4.51. The van der Waals surface area contributed by atoms with E-state index >= 15 is 0 Å². The van der Waals surface area contributed by atoms with Gasteiger partial charge in [0, 0.05) is 5.56 Å². The van der Waals surface area contributed by atoms with Gasteiger partial charge in [0.1, 0.15) is 16.8 Å².